The van der Waals surface area contributed by atoms with E-state index in [0.29, 0.717) is 11.7 Å². The van der Waals surface area contributed by atoms with Crippen LogP contribution in [0.25, 0.3) is 0 Å². The zero-order valence-electron chi connectivity index (χ0n) is 13.0. The Bertz CT molecular complexity index is 490. The summed E-state index contributed by atoms with van der Waals surface area (Å²) in [4.78, 5) is 23.5. The van der Waals surface area contributed by atoms with Crippen LogP contribution in [-0.4, -0.2) is 31.0 Å². The van der Waals surface area contributed by atoms with E-state index in [9.17, 15) is 9.59 Å². The average molecular weight is 304 g/mol. The molecule has 5 heteroatoms. The Kier molecular flexibility index (Phi) is 6.25. The number of carbonyl (C=O) groups is 2. The van der Waals surface area contributed by atoms with Gasteiger partial charge in [-0.25, -0.2) is 0 Å². The van der Waals surface area contributed by atoms with Crippen LogP contribution in [0.1, 0.15) is 32.6 Å². The molecule has 0 bridgehead atoms. The highest BCUT2D eigenvalue weighted by Gasteiger charge is 2.20. The smallest absolute Gasteiger partial charge is 0.258 e. The Morgan fingerprint density at radius 1 is 1.18 bits per heavy atom. The minimum absolute atomic E-state index is 0.00185. The number of para-hydroxylation sites is 1. The SMILES string of the molecule is CC1CCCC(NC(=O)CNC(=O)COc2ccccc2)C1. The molecule has 0 aromatic heterocycles. The zero-order valence-corrected chi connectivity index (χ0v) is 13.0. The standard InChI is InChI=1S/C17H24N2O3/c1-13-6-5-7-14(10-13)19-16(20)11-18-17(21)12-22-15-8-3-2-4-9-15/h2-4,8-9,13-14H,5-7,10-12H2,1H3,(H,18,21)(H,19,20). The van der Waals surface area contributed by atoms with Crippen molar-refractivity contribution >= 4 is 11.8 Å². The van der Waals surface area contributed by atoms with Crippen molar-refractivity contribution in [1.82, 2.24) is 10.6 Å². The van der Waals surface area contributed by atoms with Gasteiger partial charge in [-0.05, 0) is 30.9 Å². The molecule has 5 nitrogen and oxygen atoms in total. The molecule has 1 saturated carbocycles. The quantitative estimate of drug-likeness (QED) is 0.843. The summed E-state index contributed by atoms with van der Waals surface area (Å²) in [7, 11) is 0. The van der Waals surface area contributed by atoms with Crippen LogP contribution in [0.4, 0.5) is 0 Å². The predicted octanol–water partition coefficient (Wildman–Crippen LogP) is 1.88. The molecule has 120 valence electrons. The number of nitrogens with one attached hydrogen (secondary N) is 2. The van der Waals surface area contributed by atoms with Crippen LogP contribution in [0.3, 0.4) is 0 Å². The van der Waals surface area contributed by atoms with Gasteiger partial charge in [-0.1, -0.05) is 38.0 Å². The van der Waals surface area contributed by atoms with Crippen molar-refractivity contribution in [2.24, 2.45) is 5.92 Å². The summed E-state index contributed by atoms with van der Waals surface area (Å²) >= 11 is 0. The first-order chi connectivity index (χ1) is 10.6. The maximum Gasteiger partial charge on any atom is 0.258 e. The second-order valence-electron chi connectivity index (χ2n) is 5.91. The molecule has 0 saturated heterocycles. The largest absolute Gasteiger partial charge is 0.484 e. The van der Waals surface area contributed by atoms with E-state index in [-0.39, 0.29) is 31.0 Å². The van der Waals surface area contributed by atoms with Crippen LogP contribution >= 0.6 is 0 Å². The molecule has 2 rings (SSSR count). The molecular formula is C17H24N2O3. The summed E-state index contributed by atoms with van der Waals surface area (Å²) < 4.78 is 5.32. The first kappa shape index (κ1) is 16.3. The van der Waals surface area contributed by atoms with Gasteiger partial charge in [0.05, 0.1) is 6.54 Å². The van der Waals surface area contributed by atoms with Crippen LogP contribution < -0.4 is 15.4 Å². The van der Waals surface area contributed by atoms with Crippen LogP contribution in [0.5, 0.6) is 5.75 Å². The van der Waals surface area contributed by atoms with Gasteiger partial charge in [0.2, 0.25) is 5.91 Å². The maximum atomic E-state index is 11.8. The fraction of sp³-hybridized carbons (Fsp3) is 0.529. The van der Waals surface area contributed by atoms with Gasteiger partial charge in [-0.15, -0.1) is 0 Å². The van der Waals surface area contributed by atoms with Crippen molar-refractivity contribution < 1.29 is 14.3 Å². The average Bonchev–Trinajstić information content (AvgIpc) is 2.52. The van der Waals surface area contributed by atoms with Crippen LogP contribution in [-0.2, 0) is 9.59 Å². The lowest BCUT2D eigenvalue weighted by Gasteiger charge is -2.27. The Hall–Kier alpha value is -2.04. The van der Waals surface area contributed by atoms with Crippen molar-refractivity contribution in [1.29, 1.82) is 0 Å². The Morgan fingerprint density at radius 3 is 2.68 bits per heavy atom. The Balaban J connectivity index is 1.62. The molecule has 2 amide bonds. The van der Waals surface area contributed by atoms with E-state index in [4.69, 9.17) is 4.74 Å². The fourth-order valence-electron chi connectivity index (χ4n) is 2.74. The molecular weight excluding hydrogens is 280 g/mol. The van der Waals surface area contributed by atoms with E-state index in [1.54, 1.807) is 12.1 Å². The Morgan fingerprint density at radius 2 is 1.95 bits per heavy atom. The molecule has 2 N–H and O–H groups in total. The van der Waals surface area contributed by atoms with Gasteiger partial charge in [-0.3, -0.25) is 9.59 Å². The monoisotopic (exact) mass is 304 g/mol. The second-order valence-corrected chi connectivity index (χ2v) is 5.91. The number of amides is 2. The lowest BCUT2D eigenvalue weighted by Crippen LogP contribution is -2.44. The summed E-state index contributed by atoms with van der Waals surface area (Å²) in [5.41, 5.74) is 0. The molecule has 0 spiro atoms. The summed E-state index contributed by atoms with van der Waals surface area (Å²) in [6, 6.07) is 9.36. The van der Waals surface area contributed by atoms with Crippen molar-refractivity contribution in [3.05, 3.63) is 30.3 Å². The molecule has 1 aliphatic carbocycles. The maximum absolute atomic E-state index is 11.8. The summed E-state index contributed by atoms with van der Waals surface area (Å²) in [6.07, 6.45) is 4.45. The van der Waals surface area contributed by atoms with Gasteiger partial charge in [0.15, 0.2) is 6.61 Å². The van der Waals surface area contributed by atoms with E-state index in [1.165, 1.54) is 6.42 Å². The highest BCUT2D eigenvalue weighted by Crippen LogP contribution is 2.23. The molecule has 1 aliphatic rings. The predicted molar refractivity (Wildman–Crippen MR) is 84.5 cm³/mol. The normalized spacial score (nSPS) is 21.0. The van der Waals surface area contributed by atoms with Crippen molar-refractivity contribution in [3.8, 4) is 5.75 Å². The molecule has 0 aliphatic heterocycles. The third-order valence-electron chi connectivity index (χ3n) is 3.86. The fourth-order valence-corrected chi connectivity index (χ4v) is 2.74. The van der Waals surface area contributed by atoms with E-state index < -0.39 is 0 Å². The van der Waals surface area contributed by atoms with E-state index >= 15 is 0 Å². The molecule has 2 atom stereocenters. The second kappa shape index (κ2) is 8.41. The van der Waals surface area contributed by atoms with Gasteiger partial charge in [0, 0.05) is 6.04 Å². The van der Waals surface area contributed by atoms with Crippen LogP contribution in [0.2, 0.25) is 0 Å². The lowest BCUT2D eigenvalue weighted by atomic mass is 9.87. The molecule has 0 radical (unpaired) electrons. The van der Waals surface area contributed by atoms with Gasteiger partial charge < -0.3 is 15.4 Å². The third kappa shape index (κ3) is 5.76. The summed E-state index contributed by atoms with van der Waals surface area (Å²) in [6.45, 7) is 2.13. The van der Waals surface area contributed by atoms with Gasteiger partial charge in [0.25, 0.3) is 5.91 Å². The van der Waals surface area contributed by atoms with Crippen molar-refractivity contribution in [2.45, 2.75) is 38.6 Å². The molecule has 2 unspecified atom stereocenters. The number of benzene rings is 1. The molecule has 1 aromatic rings. The summed E-state index contributed by atoms with van der Waals surface area (Å²) in [5.74, 6) is 0.870. The minimum Gasteiger partial charge on any atom is -0.484 e. The molecule has 0 heterocycles. The number of rotatable bonds is 6. The highest BCUT2D eigenvalue weighted by atomic mass is 16.5. The Labute approximate surface area is 131 Å². The molecule has 22 heavy (non-hydrogen) atoms. The van der Waals surface area contributed by atoms with Gasteiger partial charge in [0.1, 0.15) is 5.75 Å². The third-order valence-corrected chi connectivity index (χ3v) is 3.86. The first-order valence-electron chi connectivity index (χ1n) is 7.87. The first-order valence-corrected chi connectivity index (χ1v) is 7.87. The summed E-state index contributed by atoms with van der Waals surface area (Å²) in [5, 5.41) is 5.56. The van der Waals surface area contributed by atoms with Crippen molar-refractivity contribution in [2.75, 3.05) is 13.2 Å². The van der Waals surface area contributed by atoms with Crippen molar-refractivity contribution in [3.63, 3.8) is 0 Å². The molecule has 1 aromatic carbocycles. The zero-order chi connectivity index (χ0) is 15.8. The number of ether oxygens (including phenoxy) is 1. The lowest BCUT2D eigenvalue weighted by molar-refractivity contribution is -0.127. The highest BCUT2D eigenvalue weighted by molar-refractivity contribution is 5.85. The van der Waals surface area contributed by atoms with E-state index in [0.717, 1.165) is 19.3 Å². The van der Waals surface area contributed by atoms with Crippen LogP contribution in [0, 0.1) is 5.92 Å². The van der Waals surface area contributed by atoms with Crippen LogP contribution in [0.15, 0.2) is 30.3 Å². The van der Waals surface area contributed by atoms with Gasteiger partial charge >= 0.3 is 0 Å². The van der Waals surface area contributed by atoms with E-state index in [2.05, 4.69) is 17.6 Å². The minimum atomic E-state index is -0.295. The van der Waals surface area contributed by atoms with Gasteiger partial charge in [-0.2, -0.15) is 0 Å². The molecule has 1 fully saturated rings. The number of hydrogen-bond donors (Lipinski definition) is 2. The number of carbonyl (C=O) groups excluding carboxylic acids is 2. The van der Waals surface area contributed by atoms with E-state index in [1.807, 2.05) is 18.2 Å². The number of hydrogen-bond acceptors (Lipinski definition) is 3. The topological polar surface area (TPSA) is 67.4 Å².